The minimum atomic E-state index is -0.495. The maximum absolute atomic E-state index is 5.83. The van der Waals surface area contributed by atoms with Gasteiger partial charge in [0.1, 0.15) is 0 Å². The van der Waals surface area contributed by atoms with E-state index >= 15 is 0 Å². The molecule has 0 radical (unpaired) electrons. The van der Waals surface area contributed by atoms with Gasteiger partial charge in [-0.2, -0.15) is 0 Å². The molecule has 0 amide bonds. The summed E-state index contributed by atoms with van der Waals surface area (Å²) in [6.07, 6.45) is 2.21. The molecule has 0 bridgehead atoms. The summed E-state index contributed by atoms with van der Waals surface area (Å²) in [7, 11) is 0. The third kappa shape index (κ3) is 4.54. The number of rotatable bonds is 6. The summed E-state index contributed by atoms with van der Waals surface area (Å²) in [5, 5.41) is 0. The summed E-state index contributed by atoms with van der Waals surface area (Å²) in [6, 6.07) is 0. The van der Waals surface area contributed by atoms with Crippen molar-refractivity contribution in [1.29, 1.82) is 0 Å². The fourth-order valence-electron chi connectivity index (χ4n) is 2.11. The molecule has 2 saturated heterocycles. The van der Waals surface area contributed by atoms with E-state index in [2.05, 4.69) is 0 Å². The molecule has 4 nitrogen and oxygen atoms in total. The summed E-state index contributed by atoms with van der Waals surface area (Å²) in [5.41, 5.74) is 0. The highest BCUT2D eigenvalue weighted by molar-refractivity contribution is 4.67. The molecule has 2 heterocycles. The molecule has 0 aromatic rings. The Labute approximate surface area is 104 Å². The van der Waals surface area contributed by atoms with Gasteiger partial charge in [-0.25, -0.2) is 0 Å². The Morgan fingerprint density at radius 1 is 0.941 bits per heavy atom. The van der Waals surface area contributed by atoms with E-state index in [0.717, 1.165) is 52.5 Å². The zero-order valence-corrected chi connectivity index (χ0v) is 10.9. The van der Waals surface area contributed by atoms with E-state index < -0.39 is 5.79 Å². The second-order valence-corrected chi connectivity index (χ2v) is 5.48. The molecule has 2 fully saturated rings. The highest BCUT2D eigenvalue weighted by Gasteiger charge is 2.25. The summed E-state index contributed by atoms with van der Waals surface area (Å²) in [5.74, 6) is 0.575. The van der Waals surface area contributed by atoms with Crippen molar-refractivity contribution in [2.24, 2.45) is 11.8 Å². The Morgan fingerprint density at radius 2 is 1.41 bits per heavy atom. The van der Waals surface area contributed by atoms with E-state index in [-0.39, 0.29) is 0 Å². The third-order valence-electron chi connectivity index (χ3n) is 3.38. The lowest BCUT2D eigenvalue weighted by atomic mass is 10.1. The van der Waals surface area contributed by atoms with Gasteiger partial charge in [-0.1, -0.05) is 0 Å². The van der Waals surface area contributed by atoms with Crippen LogP contribution in [0.4, 0.5) is 0 Å². The predicted molar refractivity (Wildman–Crippen MR) is 63.8 cm³/mol. The topological polar surface area (TPSA) is 36.9 Å². The molecule has 0 saturated carbocycles. The van der Waals surface area contributed by atoms with Crippen molar-refractivity contribution < 1.29 is 18.9 Å². The first-order chi connectivity index (χ1) is 8.16. The van der Waals surface area contributed by atoms with Gasteiger partial charge in [-0.05, 0) is 26.7 Å². The van der Waals surface area contributed by atoms with Crippen molar-refractivity contribution in [3.8, 4) is 0 Å². The number of hydrogen-bond donors (Lipinski definition) is 0. The van der Waals surface area contributed by atoms with Crippen LogP contribution in [0.15, 0.2) is 0 Å². The quantitative estimate of drug-likeness (QED) is 0.668. The molecule has 0 aromatic carbocycles. The molecule has 2 rings (SSSR count). The second-order valence-electron chi connectivity index (χ2n) is 5.48. The summed E-state index contributed by atoms with van der Waals surface area (Å²) in [4.78, 5) is 0. The van der Waals surface area contributed by atoms with Crippen molar-refractivity contribution >= 4 is 0 Å². The first-order valence-electron chi connectivity index (χ1n) is 6.59. The van der Waals surface area contributed by atoms with Gasteiger partial charge < -0.3 is 18.9 Å². The fraction of sp³-hybridized carbons (Fsp3) is 1.00. The van der Waals surface area contributed by atoms with Crippen LogP contribution in [0.1, 0.15) is 26.7 Å². The van der Waals surface area contributed by atoms with Crippen LogP contribution in [0, 0.1) is 11.8 Å². The first-order valence-corrected chi connectivity index (χ1v) is 6.59. The van der Waals surface area contributed by atoms with Crippen LogP contribution in [0.25, 0.3) is 0 Å². The molecule has 0 aromatic heterocycles. The lowest BCUT2D eigenvalue weighted by Gasteiger charge is -2.28. The lowest BCUT2D eigenvalue weighted by molar-refractivity contribution is -0.224. The molecular formula is C13H24O4. The van der Waals surface area contributed by atoms with Crippen LogP contribution in [-0.4, -0.2) is 45.4 Å². The molecule has 100 valence electrons. The van der Waals surface area contributed by atoms with Crippen LogP contribution in [0.2, 0.25) is 0 Å². The van der Waals surface area contributed by atoms with E-state index in [4.69, 9.17) is 18.9 Å². The minimum absolute atomic E-state index is 0.495. The molecule has 0 spiro atoms. The Hall–Kier alpha value is -0.160. The SMILES string of the molecule is CC(C)(OCC1CCOC1)OCC1CCOC1. The van der Waals surface area contributed by atoms with Gasteiger partial charge in [0, 0.05) is 25.0 Å². The highest BCUT2D eigenvalue weighted by atomic mass is 16.7. The van der Waals surface area contributed by atoms with E-state index in [9.17, 15) is 0 Å². The van der Waals surface area contributed by atoms with Crippen LogP contribution >= 0.6 is 0 Å². The van der Waals surface area contributed by atoms with E-state index in [1.54, 1.807) is 0 Å². The highest BCUT2D eigenvalue weighted by Crippen LogP contribution is 2.20. The Kier molecular flexibility index (Phi) is 4.79. The largest absolute Gasteiger partial charge is 0.381 e. The lowest BCUT2D eigenvalue weighted by Crippen LogP contribution is -2.33. The van der Waals surface area contributed by atoms with E-state index in [0.29, 0.717) is 11.8 Å². The van der Waals surface area contributed by atoms with Gasteiger partial charge in [0.15, 0.2) is 5.79 Å². The predicted octanol–water partition coefficient (Wildman–Crippen LogP) is 1.83. The van der Waals surface area contributed by atoms with Crippen molar-refractivity contribution in [3.63, 3.8) is 0 Å². The van der Waals surface area contributed by atoms with Crippen LogP contribution in [0.3, 0.4) is 0 Å². The van der Waals surface area contributed by atoms with E-state index in [1.165, 1.54) is 0 Å². The van der Waals surface area contributed by atoms with Crippen molar-refractivity contribution in [2.75, 3.05) is 39.6 Å². The molecule has 2 atom stereocenters. The number of ether oxygens (including phenoxy) is 4. The average Bonchev–Trinajstić information content (AvgIpc) is 2.97. The molecule has 2 unspecified atom stereocenters. The van der Waals surface area contributed by atoms with Gasteiger partial charge in [0.05, 0.1) is 26.4 Å². The second kappa shape index (κ2) is 6.14. The standard InChI is InChI=1S/C13H24O4/c1-13(2,16-9-11-3-5-14-7-11)17-10-12-4-6-15-8-12/h11-12H,3-10H2,1-2H3. The molecule has 2 aliphatic rings. The van der Waals surface area contributed by atoms with Crippen molar-refractivity contribution in [1.82, 2.24) is 0 Å². The van der Waals surface area contributed by atoms with Gasteiger partial charge in [-0.15, -0.1) is 0 Å². The first kappa shape index (κ1) is 13.3. The maximum Gasteiger partial charge on any atom is 0.162 e. The van der Waals surface area contributed by atoms with Gasteiger partial charge in [0.25, 0.3) is 0 Å². The Bertz CT molecular complexity index is 195. The molecule has 17 heavy (non-hydrogen) atoms. The zero-order chi connectivity index (χ0) is 12.1. The normalized spacial score (nSPS) is 30.0. The van der Waals surface area contributed by atoms with Gasteiger partial charge in [0.2, 0.25) is 0 Å². The Morgan fingerprint density at radius 3 is 1.76 bits per heavy atom. The van der Waals surface area contributed by atoms with Gasteiger partial charge >= 0.3 is 0 Å². The fourth-order valence-corrected chi connectivity index (χ4v) is 2.11. The summed E-state index contributed by atoms with van der Waals surface area (Å²) >= 11 is 0. The summed E-state index contributed by atoms with van der Waals surface area (Å²) in [6.45, 7) is 8.82. The van der Waals surface area contributed by atoms with Crippen LogP contribution in [-0.2, 0) is 18.9 Å². The van der Waals surface area contributed by atoms with Crippen molar-refractivity contribution in [3.05, 3.63) is 0 Å². The summed E-state index contributed by atoms with van der Waals surface area (Å²) < 4.78 is 22.3. The number of hydrogen-bond acceptors (Lipinski definition) is 4. The molecule has 0 aliphatic carbocycles. The zero-order valence-electron chi connectivity index (χ0n) is 10.9. The molecule has 4 heteroatoms. The minimum Gasteiger partial charge on any atom is -0.381 e. The Balaban J connectivity index is 1.62. The third-order valence-corrected chi connectivity index (χ3v) is 3.38. The molecule has 0 N–H and O–H groups in total. The molecular weight excluding hydrogens is 220 g/mol. The van der Waals surface area contributed by atoms with Crippen LogP contribution in [0.5, 0.6) is 0 Å². The van der Waals surface area contributed by atoms with Crippen molar-refractivity contribution in [2.45, 2.75) is 32.5 Å². The molecule has 2 aliphatic heterocycles. The average molecular weight is 244 g/mol. The van der Waals surface area contributed by atoms with E-state index in [1.807, 2.05) is 13.8 Å². The monoisotopic (exact) mass is 244 g/mol. The maximum atomic E-state index is 5.83. The smallest absolute Gasteiger partial charge is 0.162 e. The van der Waals surface area contributed by atoms with Crippen LogP contribution < -0.4 is 0 Å². The van der Waals surface area contributed by atoms with Gasteiger partial charge in [-0.3, -0.25) is 0 Å².